The van der Waals surface area contributed by atoms with Crippen LogP contribution < -0.4 is 0 Å². The molecule has 0 amide bonds. The molecule has 2 saturated heterocycles. The highest BCUT2D eigenvalue weighted by molar-refractivity contribution is 4.94. The van der Waals surface area contributed by atoms with Gasteiger partial charge >= 0.3 is 0 Å². The number of aliphatic hydroxyl groups excluding tert-OH is 1. The summed E-state index contributed by atoms with van der Waals surface area (Å²) in [5.74, 6) is 0. The van der Waals surface area contributed by atoms with E-state index in [0.717, 1.165) is 19.4 Å². The maximum Gasteiger partial charge on any atom is 0.0904 e. The van der Waals surface area contributed by atoms with Gasteiger partial charge in [0.05, 0.1) is 12.2 Å². The van der Waals surface area contributed by atoms with E-state index in [2.05, 4.69) is 4.90 Å². The molecule has 0 saturated carbocycles. The first-order chi connectivity index (χ1) is 5.73. The van der Waals surface area contributed by atoms with Gasteiger partial charge in [-0.25, -0.2) is 0 Å². The standard InChI is InChI=1S/C9H17NO2/c11-7-9(12)3-5-10-4-1-2-8(10)6-9/h8,11-12H,1-7H2. The van der Waals surface area contributed by atoms with Crippen LogP contribution in [0, 0.1) is 0 Å². The van der Waals surface area contributed by atoms with Crippen molar-refractivity contribution >= 4 is 0 Å². The molecule has 2 atom stereocenters. The van der Waals surface area contributed by atoms with Crippen LogP contribution in [0.5, 0.6) is 0 Å². The third-order valence-electron chi connectivity index (χ3n) is 3.27. The van der Waals surface area contributed by atoms with E-state index in [0.29, 0.717) is 6.04 Å². The molecular weight excluding hydrogens is 154 g/mol. The van der Waals surface area contributed by atoms with E-state index < -0.39 is 5.60 Å². The number of fused-ring (bicyclic) bond motifs is 1. The average molecular weight is 171 g/mol. The lowest BCUT2D eigenvalue weighted by Gasteiger charge is -2.39. The number of nitrogens with zero attached hydrogens (tertiary/aromatic N) is 1. The minimum atomic E-state index is -0.772. The molecule has 3 heteroatoms. The lowest BCUT2D eigenvalue weighted by atomic mass is 9.87. The predicted molar refractivity (Wildman–Crippen MR) is 45.9 cm³/mol. The fourth-order valence-corrected chi connectivity index (χ4v) is 2.46. The van der Waals surface area contributed by atoms with Crippen LogP contribution in [0.25, 0.3) is 0 Å². The Morgan fingerprint density at radius 2 is 2.25 bits per heavy atom. The fourth-order valence-electron chi connectivity index (χ4n) is 2.46. The minimum absolute atomic E-state index is 0.0721. The van der Waals surface area contributed by atoms with E-state index in [1.165, 1.54) is 19.4 Å². The van der Waals surface area contributed by atoms with Gasteiger partial charge in [0.15, 0.2) is 0 Å². The second-order valence-corrected chi connectivity index (χ2v) is 4.17. The van der Waals surface area contributed by atoms with Gasteiger partial charge in [-0.1, -0.05) is 0 Å². The van der Waals surface area contributed by atoms with E-state index in [1.807, 2.05) is 0 Å². The first kappa shape index (κ1) is 8.48. The highest BCUT2D eigenvalue weighted by Crippen LogP contribution is 2.32. The van der Waals surface area contributed by atoms with Gasteiger partial charge in [0.25, 0.3) is 0 Å². The summed E-state index contributed by atoms with van der Waals surface area (Å²) in [5.41, 5.74) is -0.772. The van der Waals surface area contributed by atoms with Crippen LogP contribution in [-0.2, 0) is 0 Å². The fraction of sp³-hybridized carbons (Fsp3) is 1.00. The van der Waals surface area contributed by atoms with Crippen molar-refractivity contribution in [1.82, 2.24) is 4.90 Å². The van der Waals surface area contributed by atoms with Crippen LogP contribution in [0.2, 0.25) is 0 Å². The van der Waals surface area contributed by atoms with Crippen LogP contribution in [0.15, 0.2) is 0 Å². The first-order valence-corrected chi connectivity index (χ1v) is 4.81. The summed E-state index contributed by atoms with van der Waals surface area (Å²) in [6.07, 6.45) is 3.96. The second-order valence-electron chi connectivity index (χ2n) is 4.17. The zero-order valence-electron chi connectivity index (χ0n) is 7.37. The molecule has 12 heavy (non-hydrogen) atoms. The van der Waals surface area contributed by atoms with Gasteiger partial charge in [-0.3, -0.25) is 0 Å². The van der Waals surface area contributed by atoms with Crippen molar-refractivity contribution in [1.29, 1.82) is 0 Å². The SMILES string of the molecule is OCC1(O)CCN2CCCC2C1. The zero-order chi connectivity index (χ0) is 8.60. The maximum atomic E-state index is 9.85. The van der Waals surface area contributed by atoms with Crippen molar-refractivity contribution in [3.05, 3.63) is 0 Å². The molecule has 2 aliphatic heterocycles. The molecule has 0 aromatic rings. The molecule has 2 heterocycles. The Kier molecular flexibility index (Phi) is 2.10. The highest BCUT2D eigenvalue weighted by atomic mass is 16.3. The molecule has 2 fully saturated rings. The smallest absolute Gasteiger partial charge is 0.0904 e. The Balaban J connectivity index is 2.00. The number of piperidine rings is 1. The summed E-state index contributed by atoms with van der Waals surface area (Å²) in [4.78, 5) is 2.43. The molecule has 2 unspecified atom stereocenters. The zero-order valence-corrected chi connectivity index (χ0v) is 7.37. The number of hydrogen-bond acceptors (Lipinski definition) is 3. The predicted octanol–water partition coefficient (Wildman–Crippen LogP) is -0.0320. The van der Waals surface area contributed by atoms with Crippen molar-refractivity contribution in [2.75, 3.05) is 19.7 Å². The first-order valence-electron chi connectivity index (χ1n) is 4.81. The van der Waals surface area contributed by atoms with Crippen LogP contribution in [0.3, 0.4) is 0 Å². The molecular formula is C9H17NO2. The van der Waals surface area contributed by atoms with E-state index in [-0.39, 0.29) is 6.61 Å². The Morgan fingerprint density at radius 3 is 3.00 bits per heavy atom. The van der Waals surface area contributed by atoms with Crippen molar-refractivity contribution in [3.8, 4) is 0 Å². The van der Waals surface area contributed by atoms with Gasteiger partial charge < -0.3 is 15.1 Å². The van der Waals surface area contributed by atoms with E-state index >= 15 is 0 Å². The lowest BCUT2D eigenvalue weighted by Crippen LogP contribution is -2.49. The molecule has 0 radical (unpaired) electrons. The molecule has 0 aromatic carbocycles. The molecule has 0 aromatic heterocycles. The Morgan fingerprint density at radius 1 is 1.42 bits per heavy atom. The summed E-state index contributed by atoms with van der Waals surface area (Å²) in [7, 11) is 0. The second kappa shape index (κ2) is 2.98. The van der Waals surface area contributed by atoms with Crippen LogP contribution in [-0.4, -0.2) is 46.5 Å². The minimum Gasteiger partial charge on any atom is -0.393 e. The van der Waals surface area contributed by atoms with Crippen molar-refractivity contribution in [2.45, 2.75) is 37.3 Å². The average Bonchev–Trinajstić information content (AvgIpc) is 2.51. The summed E-state index contributed by atoms with van der Waals surface area (Å²) in [6, 6.07) is 0.538. The van der Waals surface area contributed by atoms with Crippen molar-refractivity contribution < 1.29 is 10.2 Å². The molecule has 2 N–H and O–H groups in total. The molecule has 2 rings (SSSR count). The van der Waals surface area contributed by atoms with E-state index in [1.54, 1.807) is 0 Å². The summed E-state index contributed by atoms with van der Waals surface area (Å²) in [5, 5.41) is 18.9. The highest BCUT2D eigenvalue weighted by Gasteiger charge is 2.39. The maximum absolute atomic E-state index is 9.85. The van der Waals surface area contributed by atoms with E-state index in [4.69, 9.17) is 5.11 Å². The normalized spacial score (nSPS) is 43.0. The molecule has 2 aliphatic rings. The summed E-state index contributed by atoms with van der Waals surface area (Å²) in [6.45, 7) is 2.07. The topological polar surface area (TPSA) is 43.7 Å². The molecule has 0 spiro atoms. The van der Waals surface area contributed by atoms with Crippen LogP contribution in [0.1, 0.15) is 25.7 Å². The third-order valence-corrected chi connectivity index (χ3v) is 3.27. The van der Waals surface area contributed by atoms with Gasteiger partial charge in [0.1, 0.15) is 0 Å². The molecule has 0 bridgehead atoms. The number of hydrogen-bond donors (Lipinski definition) is 2. The lowest BCUT2D eigenvalue weighted by molar-refractivity contribution is -0.0709. The Hall–Kier alpha value is -0.120. The molecule has 70 valence electrons. The summed E-state index contributed by atoms with van der Waals surface area (Å²) >= 11 is 0. The third kappa shape index (κ3) is 1.37. The van der Waals surface area contributed by atoms with Gasteiger partial charge in [-0.05, 0) is 32.2 Å². The Bertz CT molecular complexity index is 174. The van der Waals surface area contributed by atoms with Crippen LogP contribution in [0.4, 0.5) is 0 Å². The molecule has 3 nitrogen and oxygen atoms in total. The largest absolute Gasteiger partial charge is 0.393 e. The van der Waals surface area contributed by atoms with Crippen molar-refractivity contribution in [2.24, 2.45) is 0 Å². The van der Waals surface area contributed by atoms with Gasteiger partial charge in [0, 0.05) is 12.6 Å². The molecule has 0 aliphatic carbocycles. The van der Waals surface area contributed by atoms with E-state index in [9.17, 15) is 5.11 Å². The van der Waals surface area contributed by atoms with Gasteiger partial charge in [0.2, 0.25) is 0 Å². The van der Waals surface area contributed by atoms with Gasteiger partial charge in [-0.15, -0.1) is 0 Å². The number of rotatable bonds is 1. The Labute approximate surface area is 73.0 Å². The quantitative estimate of drug-likeness (QED) is 0.582. The number of aliphatic hydroxyl groups is 2. The van der Waals surface area contributed by atoms with Crippen molar-refractivity contribution in [3.63, 3.8) is 0 Å². The van der Waals surface area contributed by atoms with Gasteiger partial charge in [-0.2, -0.15) is 0 Å². The monoisotopic (exact) mass is 171 g/mol. The summed E-state index contributed by atoms with van der Waals surface area (Å²) < 4.78 is 0. The van der Waals surface area contributed by atoms with Crippen LogP contribution >= 0.6 is 0 Å².